The Kier molecular flexibility index (Phi) is 3.61. The molecule has 0 unspecified atom stereocenters. The van der Waals surface area contributed by atoms with E-state index in [-0.39, 0.29) is 0 Å². The second kappa shape index (κ2) is 4.97. The highest BCUT2D eigenvalue weighted by Crippen LogP contribution is 2.27. The molecular weight excluding hydrogens is 284 g/mol. The standard InChI is InChI=1S/C12H13BrN2S/c1-8-3-10(6-14-5-8)15-7-11-4-9(2)12(13)16-11/h3-6,15H,7H2,1-2H3. The Bertz CT molecular complexity index is 474. The van der Waals surface area contributed by atoms with E-state index < -0.39 is 0 Å². The summed E-state index contributed by atoms with van der Waals surface area (Å²) in [6.45, 7) is 5.00. The lowest BCUT2D eigenvalue weighted by Crippen LogP contribution is -1.97. The van der Waals surface area contributed by atoms with Crippen molar-refractivity contribution in [2.75, 3.05) is 5.32 Å². The van der Waals surface area contributed by atoms with Crippen molar-refractivity contribution >= 4 is 33.0 Å². The van der Waals surface area contributed by atoms with Crippen LogP contribution in [0, 0.1) is 13.8 Å². The molecule has 0 saturated heterocycles. The number of hydrogen-bond acceptors (Lipinski definition) is 3. The number of nitrogens with zero attached hydrogens (tertiary/aromatic N) is 1. The Hall–Kier alpha value is -0.870. The van der Waals surface area contributed by atoms with Gasteiger partial charge in [-0.05, 0) is 53.0 Å². The number of anilines is 1. The number of nitrogens with one attached hydrogen (secondary N) is 1. The van der Waals surface area contributed by atoms with Gasteiger partial charge < -0.3 is 5.32 Å². The SMILES string of the molecule is Cc1cncc(NCc2cc(C)c(Br)s2)c1. The van der Waals surface area contributed by atoms with Gasteiger partial charge in [-0.2, -0.15) is 0 Å². The highest BCUT2D eigenvalue weighted by atomic mass is 79.9. The van der Waals surface area contributed by atoms with Crippen molar-refractivity contribution < 1.29 is 0 Å². The number of aryl methyl sites for hydroxylation is 2. The van der Waals surface area contributed by atoms with Crippen molar-refractivity contribution in [2.45, 2.75) is 20.4 Å². The Morgan fingerprint density at radius 3 is 2.75 bits per heavy atom. The Labute approximate surface area is 108 Å². The number of rotatable bonds is 3. The number of halogens is 1. The van der Waals surface area contributed by atoms with Gasteiger partial charge >= 0.3 is 0 Å². The molecule has 0 aliphatic carbocycles. The molecule has 4 heteroatoms. The molecule has 0 bridgehead atoms. The summed E-state index contributed by atoms with van der Waals surface area (Å²) in [5.41, 5.74) is 3.54. The van der Waals surface area contributed by atoms with Crippen molar-refractivity contribution in [2.24, 2.45) is 0 Å². The molecule has 1 N–H and O–H groups in total. The molecule has 0 aromatic carbocycles. The van der Waals surface area contributed by atoms with Crippen LogP contribution < -0.4 is 5.32 Å². The van der Waals surface area contributed by atoms with Crippen molar-refractivity contribution in [1.82, 2.24) is 4.98 Å². The molecule has 2 aromatic heterocycles. The molecule has 0 fully saturated rings. The summed E-state index contributed by atoms with van der Waals surface area (Å²) in [4.78, 5) is 5.48. The Morgan fingerprint density at radius 1 is 1.31 bits per heavy atom. The van der Waals surface area contributed by atoms with E-state index in [0.717, 1.165) is 12.2 Å². The van der Waals surface area contributed by atoms with Crippen molar-refractivity contribution in [1.29, 1.82) is 0 Å². The summed E-state index contributed by atoms with van der Waals surface area (Å²) in [6, 6.07) is 4.30. The third kappa shape index (κ3) is 2.83. The molecule has 0 amide bonds. The molecule has 0 aliphatic rings. The fourth-order valence-corrected chi connectivity index (χ4v) is 3.02. The molecule has 2 aromatic rings. The molecule has 16 heavy (non-hydrogen) atoms. The zero-order valence-electron chi connectivity index (χ0n) is 9.25. The minimum atomic E-state index is 0.849. The van der Waals surface area contributed by atoms with Crippen LogP contribution in [0.4, 0.5) is 5.69 Å². The maximum Gasteiger partial charge on any atom is 0.0731 e. The quantitative estimate of drug-likeness (QED) is 0.921. The summed E-state index contributed by atoms with van der Waals surface area (Å²) >= 11 is 5.30. The van der Waals surface area contributed by atoms with E-state index in [4.69, 9.17) is 0 Å². The summed E-state index contributed by atoms with van der Waals surface area (Å²) in [6.07, 6.45) is 3.71. The lowest BCUT2D eigenvalue weighted by atomic mass is 10.3. The average molecular weight is 297 g/mol. The molecule has 84 valence electrons. The highest BCUT2D eigenvalue weighted by molar-refractivity contribution is 9.11. The molecule has 0 atom stereocenters. The number of aromatic nitrogens is 1. The minimum Gasteiger partial charge on any atom is -0.379 e. The molecule has 0 spiro atoms. The fourth-order valence-electron chi connectivity index (χ4n) is 1.45. The Morgan fingerprint density at radius 2 is 2.12 bits per heavy atom. The first-order valence-corrected chi connectivity index (χ1v) is 6.66. The number of pyridine rings is 1. The maximum atomic E-state index is 4.15. The zero-order chi connectivity index (χ0) is 11.5. The van der Waals surface area contributed by atoms with Crippen molar-refractivity contribution in [3.05, 3.63) is 44.3 Å². The smallest absolute Gasteiger partial charge is 0.0731 e. The van der Waals surface area contributed by atoms with Gasteiger partial charge in [0.15, 0.2) is 0 Å². The fraction of sp³-hybridized carbons (Fsp3) is 0.250. The second-order valence-electron chi connectivity index (χ2n) is 3.77. The van der Waals surface area contributed by atoms with Crippen molar-refractivity contribution in [3.63, 3.8) is 0 Å². The molecule has 2 nitrogen and oxygen atoms in total. The van der Waals surface area contributed by atoms with Crippen LogP contribution >= 0.6 is 27.3 Å². The van der Waals surface area contributed by atoms with Crippen LogP contribution in [-0.2, 0) is 6.54 Å². The van der Waals surface area contributed by atoms with Gasteiger partial charge in [-0.15, -0.1) is 11.3 Å². The molecule has 0 aliphatic heterocycles. The molecular formula is C12H13BrN2S. The first kappa shape index (κ1) is 11.6. The lowest BCUT2D eigenvalue weighted by Gasteiger charge is -2.04. The first-order valence-electron chi connectivity index (χ1n) is 5.05. The van der Waals surface area contributed by atoms with E-state index in [1.54, 1.807) is 11.3 Å². The van der Waals surface area contributed by atoms with Crippen LogP contribution in [0.3, 0.4) is 0 Å². The topological polar surface area (TPSA) is 24.9 Å². The van der Waals surface area contributed by atoms with E-state index >= 15 is 0 Å². The molecule has 0 saturated carbocycles. The largest absolute Gasteiger partial charge is 0.379 e. The van der Waals surface area contributed by atoms with Gasteiger partial charge in [0.2, 0.25) is 0 Å². The molecule has 2 rings (SSSR count). The summed E-state index contributed by atoms with van der Waals surface area (Å²) < 4.78 is 1.21. The van der Waals surface area contributed by atoms with Crippen molar-refractivity contribution in [3.8, 4) is 0 Å². The van der Waals surface area contributed by atoms with Crippen LogP contribution in [0.25, 0.3) is 0 Å². The number of thiophene rings is 1. The normalized spacial score (nSPS) is 10.4. The van der Waals surface area contributed by atoms with Crippen LogP contribution in [0.15, 0.2) is 28.3 Å². The third-order valence-electron chi connectivity index (χ3n) is 2.25. The van der Waals surface area contributed by atoms with E-state index in [0.29, 0.717) is 0 Å². The van der Waals surface area contributed by atoms with Gasteiger partial charge in [-0.3, -0.25) is 4.98 Å². The van der Waals surface area contributed by atoms with Crippen LogP contribution in [0.2, 0.25) is 0 Å². The minimum absolute atomic E-state index is 0.849. The second-order valence-corrected chi connectivity index (χ2v) is 6.23. The van der Waals surface area contributed by atoms with Crippen LogP contribution in [-0.4, -0.2) is 4.98 Å². The predicted octanol–water partition coefficient (Wildman–Crippen LogP) is 4.13. The average Bonchev–Trinajstić information content (AvgIpc) is 2.56. The first-order chi connectivity index (χ1) is 7.65. The van der Waals surface area contributed by atoms with Gasteiger partial charge in [-0.25, -0.2) is 0 Å². The molecule has 0 radical (unpaired) electrons. The zero-order valence-corrected chi connectivity index (χ0v) is 11.7. The monoisotopic (exact) mass is 296 g/mol. The van der Waals surface area contributed by atoms with Gasteiger partial charge in [-0.1, -0.05) is 0 Å². The Balaban J connectivity index is 2.02. The van der Waals surface area contributed by atoms with Crippen LogP contribution in [0.5, 0.6) is 0 Å². The van der Waals surface area contributed by atoms with E-state index in [9.17, 15) is 0 Å². The summed E-state index contributed by atoms with van der Waals surface area (Å²) in [7, 11) is 0. The summed E-state index contributed by atoms with van der Waals surface area (Å²) in [5.74, 6) is 0. The van der Waals surface area contributed by atoms with E-state index in [1.807, 2.05) is 19.3 Å². The highest BCUT2D eigenvalue weighted by Gasteiger charge is 2.02. The van der Waals surface area contributed by atoms with Gasteiger partial charge in [0, 0.05) is 23.8 Å². The number of hydrogen-bond donors (Lipinski definition) is 1. The van der Waals surface area contributed by atoms with Gasteiger partial charge in [0.05, 0.1) is 9.47 Å². The molecule has 2 heterocycles. The lowest BCUT2D eigenvalue weighted by molar-refractivity contribution is 1.16. The maximum absolute atomic E-state index is 4.15. The van der Waals surface area contributed by atoms with Gasteiger partial charge in [0.1, 0.15) is 0 Å². The van der Waals surface area contributed by atoms with Crippen LogP contribution in [0.1, 0.15) is 16.0 Å². The predicted molar refractivity (Wildman–Crippen MR) is 73.1 cm³/mol. The van der Waals surface area contributed by atoms with E-state index in [2.05, 4.69) is 45.3 Å². The third-order valence-corrected chi connectivity index (χ3v) is 4.39. The van der Waals surface area contributed by atoms with Gasteiger partial charge in [0.25, 0.3) is 0 Å². The van der Waals surface area contributed by atoms with E-state index in [1.165, 1.54) is 19.8 Å². The summed E-state index contributed by atoms with van der Waals surface area (Å²) in [5, 5.41) is 3.37.